The Morgan fingerprint density at radius 2 is 1.83 bits per heavy atom. The van der Waals surface area contributed by atoms with Gasteiger partial charge >= 0.3 is 0 Å². The molecule has 0 aliphatic carbocycles. The molecule has 2 heterocycles. The van der Waals surface area contributed by atoms with Crippen molar-refractivity contribution in [2.45, 2.75) is 25.4 Å². The number of ether oxygens (including phenoxy) is 1. The highest BCUT2D eigenvalue weighted by molar-refractivity contribution is 6.02. The number of carbonyl (C=O) groups is 2. The number of carbonyl (C=O) groups excluding carboxylic acids is 2. The smallest absolute Gasteiger partial charge is 0.274 e. The summed E-state index contributed by atoms with van der Waals surface area (Å²) in [5.74, 6) is -0.141. The van der Waals surface area contributed by atoms with Crippen molar-refractivity contribution >= 4 is 17.5 Å². The number of hydrogen-bond donors (Lipinski definition) is 1. The summed E-state index contributed by atoms with van der Waals surface area (Å²) in [6.45, 7) is 4.02. The van der Waals surface area contributed by atoms with Crippen LogP contribution in [-0.4, -0.2) is 46.5 Å². The number of aromatic nitrogens is 3. The highest BCUT2D eigenvalue weighted by Crippen LogP contribution is 2.30. The number of rotatable bonds is 4. The molecule has 8 nitrogen and oxygen atoms in total. The summed E-state index contributed by atoms with van der Waals surface area (Å²) in [7, 11) is 1.66. The van der Waals surface area contributed by atoms with Gasteiger partial charge in [0, 0.05) is 7.05 Å². The molecule has 3 aromatic rings. The Morgan fingerprint density at radius 1 is 1.13 bits per heavy atom. The highest BCUT2D eigenvalue weighted by Gasteiger charge is 2.32. The van der Waals surface area contributed by atoms with Crippen molar-refractivity contribution < 1.29 is 14.3 Å². The first-order chi connectivity index (χ1) is 14.4. The Morgan fingerprint density at radius 3 is 2.60 bits per heavy atom. The van der Waals surface area contributed by atoms with Crippen LogP contribution in [0.5, 0.6) is 5.75 Å². The zero-order valence-electron chi connectivity index (χ0n) is 17.1. The monoisotopic (exact) mass is 405 g/mol. The second-order valence-electron chi connectivity index (χ2n) is 7.68. The van der Waals surface area contributed by atoms with Gasteiger partial charge in [-0.05, 0) is 31.5 Å². The molecule has 0 saturated heterocycles. The molecule has 0 radical (unpaired) electrons. The third-order valence-corrected chi connectivity index (χ3v) is 5.35. The number of fused-ring (bicyclic) bond motifs is 1. The summed E-state index contributed by atoms with van der Waals surface area (Å²) in [6.07, 6.45) is 1.59. The first-order valence-corrected chi connectivity index (χ1v) is 9.66. The van der Waals surface area contributed by atoms with Crippen molar-refractivity contribution in [1.29, 1.82) is 0 Å². The van der Waals surface area contributed by atoms with Gasteiger partial charge < -0.3 is 15.0 Å². The lowest BCUT2D eigenvalue weighted by Gasteiger charge is -2.25. The average molecular weight is 405 g/mol. The summed E-state index contributed by atoms with van der Waals surface area (Å²) in [5.41, 5.74) is 1.34. The minimum Gasteiger partial charge on any atom is -0.489 e. The fraction of sp³-hybridized carbons (Fsp3) is 0.273. The Balaban J connectivity index is 1.51. The normalized spacial score (nSPS) is 16.4. The predicted molar refractivity (Wildman–Crippen MR) is 111 cm³/mol. The molecular weight excluding hydrogens is 382 g/mol. The second-order valence-corrected chi connectivity index (χ2v) is 7.68. The summed E-state index contributed by atoms with van der Waals surface area (Å²) in [5, 5.41) is 10.9. The van der Waals surface area contributed by atoms with E-state index in [2.05, 4.69) is 15.6 Å². The first-order valence-electron chi connectivity index (χ1n) is 9.66. The molecule has 1 aliphatic heterocycles. The fourth-order valence-corrected chi connectivity index (χ4v) is 3.41. The Kier molecular flexibility index (Phi) is 4.99. The van der Waals surface area contributed by atoms with Crippen LogP contribution in [0.25, 0.3) is 0 Å². The third kappa shape index (κ3) is 3.52. The number of anilines is 1. The van der Waals surface area contributed by atoms with Gasteiger partial charge in [0.15, 0.2) is 5.69 Å². The maximum atomic E-state index is 12.8. The largest absolute Gasteiger partial charge is 0.489 e. The molecule has 0 bridgehead atoms. The van der Waals surface area contributed by atoms with Gasteiger partial charge in [-0.3, -0.25) is 9.59 Å². The Hall–Kier alpha value is -3.68. The average Bonchev–Trinajstić information content (AvgIpc) is 3.24. The standard InChI is InChI=1S/C22H23N5O3/c1-22(2,15-9-5-4-6-10-15)27-13-16(24-25-27)20(28)23-17-14-30-19-12-8-7-11-18(19)26(3)21(17)29/h4-13,17H,14H2,1-3H3,(H,23,28)/t17-/m0/s1. The number of nitrogens with zero attached hydrogens (tertiary/aromatic N) is 4. The van der Waals surface area contributed by atoms with Gasteiger partial charge in [-0.1, -0.05) is 47.7 Å². The highest BCUT2D eigenvalue weighted by atomic mass is 16.5. The minimum absolute atomic E-state index is 0.0373. The van der Waals surface area contributed by atoms with Crippen LogP contribution in [0.2, 0.25) is 0 Å². The van der Waals surface area contributed by atoms with E-state index in [1.807, 2.05) is 56.3 Å². The van der Waals surface area contributed by atoms with Crippen molar-refractivity contribution in [2.75, 3.05) is 18.6 Å². The van der Waals surface area contributed by atoms with Crippen LogP contribution in [-0.2, 0) is 10.3 Å². The van der Waals surface area contributed by atoms with Gasteiger partial charge in [-0.15, -0.1) is 5.10 Å². The molecule has 154 valence electrons. The lowest BCUT2D eigenvalue weighted by molar-refractivity contribution is -0.120. The molecule has 1 aromatic heterocycles. The van der Waals surface area contributed by atoms with Crippen LogP contribution in [0.15, 0.2) is 60.8 Å². The van der Waals surface area contributed by atoms with E-state index in [9.17, 15) is 9.59 Å². The molecule has 0 unspecified atom stereocenters. The van der Waals surface area contributed by atoms with Crippen molar-refractivity contribution in [3.8, 4) is 5.75 Å². The van der Waals surface area contributed by atoms with E-state index < -0.39 is 17.5 Å². The molecule has 8 heteroatoms. The zero-order chi connectivity index (χ0) is 21.3. The van der Waals surface area contributed by atoms with Crippen LogP contribution in [0.1, 0.15) is 29.9 Å². The van der Waals surface area contributed by atoms with Gasteiger partial charge in [-0.25, -0.2) is 4.68 Å². The van der Waals surface area contributed by atoms with Gasteiger partial charge in [0.2, 0.25) is 0 Å². The zero-order valence-corrected chi connectivity index (χ0v) is 17.1. The van der Waals surface area contributed by atoms with Crippen molar-refractivity contribution in [1.82, 2.24) is 20.3 Å². The Labute approximate surface area is 174 Å². The lowest BCUT2D eigenvalue weighted by Crippen LogP contribution is -2.49. The lowest BCUT2D eigenvalue weighted by atomic mass is 9.95. The minimum atomic E-state index is -0.831. The van der Waals surface area contributed by atoms with Crippen molar-refractivity contribution in [3.63, 3.8) is 0 Å². The fourth-order valence-electron chi connectivity index (χ4n) is 3.41. The van der Waals surface area contributed by atoms with Crippen molar-refractivity contribution in [2.24, 2.45) is 0 Å². The molecule has 2 amide bonds. The van der Waals surface area contributed by atoms with Gasteiger partial charge in [0.25, 0.3) is 11.8 Å². The third-order valence-electron chi connectivity index (χ3n) is 5.35. The first kappa shape index (κ1) is 19.6. The number of amides is 2. The van der Waals surface area contributed by atoms with E-state index >= 15 is 0 Å². The topological polar surface area (TPSA) is 89.4 Å². The van der Waals surface area contributed by atoms with Crippen LogP contribution >= 0.6 is 0 Å². The van der Waals surface area contributed by atoms with Crippen LogP contribution < -0.4 is 15.0 Å². The molecule has 2 aromatic carbocycles. The molecule has 30 heavy (non-hydrogen) atoms. The van der Waals surface area contributed by atoms with E-state index in [0.29, 0.717) is 11.4 Å². The number of nitrogens with one attached hydrogen (secondary N) is 1. The van der Waals surface area contributed by atoms with Gasteiger partial charge in [0.05, 0.1) is 17.4 Å². The van der Waals surface area contributed by atoms with Crippen molar-refractivity contribution in [3.05, 3.63) is 72.1 Å². The predicted octanol–water partition coefficient (Wildman–Crippen LogP) is 2.22. The summed E-state index contributed by atoms with van der Waals surface area (Å²) < 4.78 is 7.38. The van der Waals surface area contributed by atoms with E-state index in [1.54, 1.807) is 30.1 Å². The quantitative estimate of drug-likeness (QED) is 0.719. The summed E-state index contributed by atoms with van der Waals surface area (Å²) in [4.78, 5) is 27.1. The van der Waals surface area contributed by atoms with E-state index in [-0.39, 0.29) is 18.2 Å². The van der Waals surface area contributed by atoms with Crippen LogP contribution in [0.3, 0.4) is 0 Å². The Bertz CT molecular complexity index is 1080. The van der Waals surface area contributed by atoms with Crippen LogP contribution in [0, 0.1) is 0 Å². The number of likely N-dealkylation sites (N-methyl/N-ethyl adjacent to an activating group) is 1. The number of hydrogen-bond acceptors (Lipinski definition) is 5. The molecular formula is C22H23N5O3. The maximum Gasteiger partial charge on any atom is 0.274 e. The molecule has 0 fully saturated rings. The van der Waals surface area contributed by atoms with E-state index in [0.717, 1.165) is 5.56 Å². The van der Waals surface area contributed by atoms with E-state index in [1.165, 1.54) is 4.90 Å². The molecule has 1 N–H and O–H groups in total. The van der Waals surface area contributed by atoms with Gasteiger partial charge in [-0.2, -0.15) is 0 Å². The molecule has 4 rings (SSSR count). The molecule has 1 atom stereocenters. The molecule has 1 aliphatic rings. The maximum absolute atomic E-state index is 12.8. The molecule has 0 spiro atoms. The number of para-hydroxylation sites is 2. The summed E-state index contributed by atoms with van der Waals surface area (Å²) in [6, 6.07) is 16.3. The van der Waals surface area contributed by atoms with Gasteiger partial charge in [0.1, 0.15) is 18.4 Å². The summed E-state index contributed by atoms with van der Waals surface area (Å²) >= 11 is 0. The van der Waals surface area contributed by atoms with Crippen LogP contribution in [0.4, 0.5) is 5.69 Å². The number of benzene rings is 2. The van der Waals surface area contributed by atoms with E-state index in [4.69, 9.17) is 4.74 Å². The second kappa shape index (κ2) is 7.62. The molecule has 0 saturated carbocycles. The SMILES string of the molecule is CN1C(=O)[C@@H](NC(=O)c2cn(C(C)(C)c3ccccc3)nn2)COc2ccccc21.